The highest BCUT2D eigenvalue weighted by Gasteiger charge is 2.20. The third-order valence-corrected chi connectivity index (χ3v) is 4.26. The first-order valence-electron chi connectivity index (χ1n) is 8.00. The Morgan fingerprint density at radius 2 is 1.81 bits per heavy atom. The first-order chi connectivity index (χ1) is 10.1. The van der Waals surface area contributed by atoms with Crippen molar-refractivity contribution in [2.45, 2.75) is 19.4 Å². The van der Waals surface area contributed by atoms with Crippen LogP contribution in [0.3, 0.4) is 0 Å². The Kier molecular flexibility index (Phi) is 6.03. The van der Waals surface area contributed by atoms with Crippen LogP contribution in [0.2, 0.25) is 0 Å². The first kappa shape index (κ1) is 16.3. The van der Waals surface area contributed by atoms with Crippen LogP contribution in [-0.2, 0) is 0 Å². The normalized spacial score (nSPS) is 18.2. The fraction of sp³-hybridized carbons (Fsp3) is 0.647. The van der Waals surface area contributed by atoms with Crippen molar-refractivity contribution < 1.29 is 5.11 Å². The molecule has 1 aliphatic heterocycles. The lowest BCUT2D eigenvalue weighted by Crippen LogP contribution is -2.48. The van der Waals surface area contributed by atoms with Crippen LogP contribution in [-0.4, -0.2) is 68.3 Å². The number of para-hydroxylation sites is 1. The fourth-order valence-corrected chi connectivity index (χ4v) is 2.83. The van der Waals surface area contributed by atoms with Gasteiger partial charge in [-0.25, -0.2) is 0 Å². The molecule has 1 N–H and O–H groups in total. The molecule has 1 saturated heterocycles. The lowest BCUT2D eigenvalue weighted by atomic mass is 10.0. The van der Waals surface area contributed by atoms with Gasteiger partial charge in [-0.05, 0) is 26.6 Å². The molecule has 1 aliphatic rings. The van der Waals surface area contributed by atoms with Crippen LogP contribution >= 0.6 is 0 Å². The number of piperazine rings is 1. The molecule has 1 fully saturated rings. The number of hydrogen-bond donors (Lipinski definition) is 1. The molecule has 0 aliphatic carbocycles. The van der Waals surface area contributed by atoms with Gasteiger partial charge in [-0.1, -0.05) is 25.1 Å². The SMILES string of the molecule is CC[C@@H](O)c1ccccc1N1CCN(CCN(C)C)CC1. The Labute approximate surface area is 129 Å². The van der Waals surface area contributed by atoms with Gasteiger partial charge in [0.25, 0.3) is 0 Å². The number of aliphatic hydroxyl groups is 1. The van der Waals surface area contributed by atoms with Gasteiger partial charge in [-0.3, -0.25) is 4.90 Å². The van der Waals surface area contributed by atoms with Gasteiger partial charge < -0.3 is 14.9 Å². The Morgan fingerprint density at radius 3 is 2.43 bits per heavy atom. The van der Waals surface area contributed by atoms with E-state index in [1.54, 1.807) is 0 Å². The highest BCUT2D eigenvalue weighted by molar-refractivity contribution is 5.55. The van der Waals surface area contributed by atoms with Gasteiger partial charge in [0.1, 0.15) is 0 Å². The van der Waals surface area contributed by atoms with Crippen LogP contribution in [0.5, 0.6) is 0 Å². The summed E-state index contributed by atoms with van der Waals surface area (Å²) in [6.45, 7) is 8.57. The van der Waals surface area contributed by atoms with Crippen molar-refractivity contribution >= 4 is 5.69 Å². The van der Waals surface area contributed by atoms with E-state index in [2.05, 4.69) is 47.0 Å². The van der Waals surface area contributed by atoms with Crippen molar-refractivity contribution in [2.24, 2.45) is 0 Å². The average Bonchev–Trinajstić information content (AvgIpc) is 2.52. The lowest BCUT2D eigenvalue weighted by Gasteiger charge is -2.37. The lowest BCUT2D eigenvalue weighted by molar-refractivity contribution is 0.173. The Balaban J connectivity index is 1.96. The number of aliphatic hydroxyl groups excluding tert-OH is 1. The maximum Gasteiger partial charge on any atom is 0.0807 e. The summed E-state index contributed by atoms with van der Waals surface area (Å²) in [7, 11) is 4.25. The Morgan fingerprint density at radius 1 is 1.14 bits per heavy atom. The average molecular weight is 291 g/mol. The smallest absolute Gasteiger partial charge is 0.0807 e. The molecule has 0 spiro atoms. The molecule has 0 saturated carbocycles. The second kappa shape index (κ2) is 7.78. The molecule has 1 aromatic rings. The van der Waals surface area contributed by atoms with E-state index in [0.29, 0.717) is 0 Å². The molecule has 1 aromatic carbocycles. The summed E-state index contributed by atoms with van der Waals surface area (Å²) in [5, 5.41) is 10.2. The number of hydrogen-bond acceptors (Lipinski definition) is 4. The molecule has 2 rings (SSSR count). The summed E-state index contributed by atoms with van der Waals surface area (Å²) < 4.78 is 0. The summed E-state index contributed by atoms with van der Waals surface area (Å²) in [4.78, 5) is 7.18. The zero-order valence-corrected chi connectivity index (χ0v) is 13.6. The van der Waals surface area contributed by atoms with Crippen molar-refractivity contribution in [2.75, 3.05) is 58.3 Å². The van der Waals surface area contributed by atoms with Gasteiger partial charge in [0, 0.05) is 50.5 Å². The van der Waals surface area contributed by atoms with Crippen LogP contribution in [0, 0.1) is 0 Å². The van der Waals surface area contributed by atoms with Crippen molar-refractivity contribution in [3.63, 3.8) is 0 Å². The fourth-order valence-electron chi connectivity index (χ4n) is 2.83. The van der Waals surface area contributed by atoms with Gasteiger partial charge in [0.15, 0.2) is 0 Å². The number of anilines is 1. The molecule has 4 nitrogen and oxygen atoms in total. The maximum absolute atomic E-state index is 10.2. The molecule has 4 heteroatoms. The topological polar surface area (TPSA) is 30.0 Å². The van der Waals surface area contributed by atoms with E-state index < -0.39 is 0 Å². The Bertz CT molecular complexity index is 428. The molecule has 0 aromatic heterocycles. The minimum Gasteiger partial charge on any atom is -0.388 e. The minimum atomic E-state index is -0.354. The molecule has 118 valence electrons. The van der Waals surface area contributed by atoms with E-state index in [0.717, 1.165) is 51.3 Å². The largest absolute Gasteiger partial charge is 0.388 e. The van der Waals surface area contributed by atoms with Crippen LogP contribution < -0.4 is 4.90 Å². The highest BCUT2D eigenvalue weighted by Crippen LogP contribution is 2.28. The summed E-state index contributed by atoms with van der Waals surface area (Å²) in [6, 6.07) is 8.29. The van der Waals surface area contributed by atoms with Crippen molar-refractivity contribution in [3.8, 4) is 0 Å². The quantitative estimate of drug-likeness (QED) is 0.866. The zero-order chi connectivity index (χ0) is 15.2. The molecule has 0 bridgehead atoms. The zero-order valence-electron chi connectivity index (χ0n) is 13.6. The number of rotatable bonds is 6. The molecule has 0 radical (unpaired) electrons. The van der Waals surface area contributed by atoms with Gasteiger partial charge in [0.2, 0.25) is 0 Å². The molecule has 1 heterocycles. The number of benzene rings is 1. The third kappa shape index (κ3) is 4.43. The third-order valence-electron chi connectivity index (χ3n) is 4.26. The van der Waals surface area contributed by atoms with Crippen LogP contribution in [0.15, 0.2) is 24.3 Å². The summed E-state index contributed by atoms with van der Waals surface area (Å²) in [6.07, 6.45) is 0.410. The van der Waals surface area contributed by atoms with E-state index in [9.17, 15) is 5.11 Å². The van der Waals surface area contributed by atoms with E-state index in [1.807, 2.05) is 13.0 Å². The predicted octanol–water partition coefficient (Wildman–Crippen LogP) is 1.81. The highest BCUT2D eigenvalue weighted by atomic mass is 16.3. The van der Waals surface area contributed by atoms with Crippen molar-refractivity contribution in [3.05, 3.63) is 29.8 Å². The van der Waals surface area contributed by atoms with Gasteiger partial charge in [-0.2, -0.15) is 0 Å². The maximum atomic E-state index is 10.2. The van der Waals surface area contributed by atoms with Gasteiger partial charge >= 0.3 is 0 Å². The molecule has 21 heavy (non-hydrogen) atoms. The monoisotopic (exact) mass is 291 g/mol. The second-order valence-corrected chi connectivity index (χ2v) is 6.11. The van der Waals surface area contributed by atoms with Crippen LogP contribution in [0.1, 0.15) is 25.0 Å². The van der Waals surface area contributed by atoms with Crippen LogP contribution in [0.25, 0.3) is 0 Å². The first-order valence-corrected chi connectivity index (χ1v) is 8.00. The summed E-state index contributed by atoms with van der Waals surface area (Å²) in [5.41, 5.74) is 2.28. The number of nitrogens with zero attached hydrogens (tertiary/aromatic N) is 3. The molecular formula is C17H29N3O. The van der Waals surface area contributed by atoms with Crippen molar-refractivity contribution in [1.82, 2.24) is 9.80 Å². The van der Waals surface area contributed by atoms with Gasteiger partial charge in [0.05, 0.1) is 6.10 Å². The van der Waals surface area contributed by atoms with E-state index in [1.165, 1.54) is 5.69 Å². The molecule has 0 unspecified atom stereocenters. The minimum absolute atomic E-state index is 0.354. The molecule has 0 amide bonds. The predicted molar refractivity (Wildman–Crippen MR) is 88.9 cm³/mol. The number of likely N-dealkylation sites (N-methyl/N-ethyl adjacent to an activating group) is 1. The van der Waals surface area contributed by atoms with Gasteiger partial charge in [-0.15, -0.1) is 0 Å². The van der Waals surface area contributed by atoms with Crippen molar-refractivity contribution in [1.29, 1.82) is 0 Å². The Hall–Kier alpha value is -1.10. The molecule has 1 atom stereocenters. The second-order valence-electron chi connectivity index (χ2n) is 6.11. The van der Waals surface area contributed by atoms with E-state index >= 15 is 0 Å². The standard InChI is InChI=1S/C17H29N3O/c1-4-17(21)15-7-5-6-8-16(15)20-13-11-19(12-14-20)10-9-18(2)3/h5-8,17,21H,4,9-14H2,1-3H3/t17-/m1/s1. The van der Waals surface area contributed by atoms with E-state index in [-0.39, 0.29) is 6.10 Å². The summed E-state index contributed by atoms with van der Waals surface area (Å²) >= 11 is 0. The van der Waals surface area contributed by atoms with E-state index in [4.69, 9.17) is 0 Å². The summed E-state index contributed by atoms with van der Waals surface area (Å²) in [5.74, 6) is 0. The molecular weight excluding hydrogens is 262 g/mol. The van der Waals surface area contributed by atoms with Crippen LogP contribution in [0.4, 0.5) is 5.69 Å².